The van der Waals surface area contributed by atoms with E-state index in [0.717, 1.165) is 22.9 Å². The maximum atomic E-state index is 14.6. The second-order valence-corrected chi connectivity index (χ2v) is 11.6. The van der Waals surface area contributed by atoms with E-state index in [1.807, 2.05) is 36.9 Å². The lowest BCUT2D eigenvalue weighted by Gasteiger charge is -2.28. The third-order valence-corrected chi connectivity index (χ3v) is 8.78. The number of halogens is 4. The number of hydrogen-bond acceptors (Lipinski definition) is 5. The van der Waals surface area contributed by atoms with Crippen LogP contribution in [-0.2, 0) is 22.3 Å². The predicted octanol–water partition coefficient (Wildman–Crippen LogP) is 7.34. The van der Waals surface area contributed by atoms with Crippen LogP contribution in [0.2, 0.25) is 0 Å². The molecule has 4 unspecified atom stereocenters. The minimum atomic E-state index is -4.54. The quantitative estimate of drug-likeness (QED) is 0.173. The van der Waals surface area contributed by atoms with Crippen LogP contribution in [-0.4, -0.2) is 33.7 Å². The molecule has 11 heteroatoms. The molecule has 2 aromatic heterocycles. The molecule has 4 atom stereocenters. The number of nitrogens with one attached hydrogen (secondary N) is 2. The van der Waals surface area contributed by atoms with Crippen molar-refractivity contribution in [2.75, 3.05) is 6.61 Å². The Hall–Kier alpha value is -2.47. The topological polar surface area (TPSA) is 75.1 Å². The van der Waals surface area contributed by atoms with Crippen molar-refractivity contribution in [2.24, 2.45) is 0 Å². The van der Waals surface area contributed by atoms with Crippen LogP contribution in [0.25, 0.3) is 0 Å². The molecule has 2 N–H and O–H groups in total. The van der Waals surface area contributed by atoms with Gasteiger partial charge in [0.1, 0.15) is 22.8 Å². The number of pyridine rings is 1. The lowest BCUT2D eigenvalue weighted by atomic mass is 9.76. The summed E-state index contributed by atoms with van der Waals surface area (Å²) in [5.41, 5.74) is 3.35. The van der Waals surface area contributed by atoms with E-state index in [1.165, 1.54) is 18.3 Å². The Morgan fingerprint density at radius 3 is 2.49 bits per heavy atom. The van der Waals surface area contributed by atoms with E-state index in [2.05, 4.69) is 4.98 Å². The highest BCUT2D eigenvalue weighted by Gasteiger charge is 2.37. The molecule has 0 aliphatic heterocycles. The molecule has 1 aromatic carbocycles. The Balaban J connectivity index is 2.06. The van der Waals surface area contributed by atoms with E-state index in [1.54, 1.807) is 30.4 Å². The number of ether oxygens (including phenoxy) is 1. The van der Waals surface area contributed by atoms with Gasteiger partial charge in [0.05, 0.1) is 23.1 Å². The fourth-order valence-electron chi connectivity index (χ4n) is 4.45. The first-order chi connectivity index (χ1) is 18.4. The molecule has 0 bridgehead atoms. The van der Waals surface area contributed by atoms with Crippen molar-refractivity contribution >= 4 is 28.0 Å². The summed E-state index contributed by atoms with van der Waals surface area (Å²) in [7, 11) is -2.14. The Kier molecular flexibility index (Phi) is 10.6. The van der Waals surface area contributed by atoms with Gasteiger partial charge in [-0.15, -0.1) is 11.3 Å². The highest BCUT2D eigenvalue weighted by molar-refractivity contribution is 7.83. The average Bonchev–Trinajstić information content (AvgIpc) is 3.35. The second kappa shape index (κ2) is 13.3. The summed E-state index contributed by atoms with van der Waals surface area (Å²) in [6, 6.07) is 6.15. The molecule has 0 amide bonds. The minimum absolute atomic E-state index is 0.0818. The molecule has 0 saturated heterocycles. The molecular formula is C28H33F4N3O2S2. The van der Waals surface area contributed by atoms with Crippen LogP contribution in [0, 0.1) is 25.1 Å². The summed E-state index contributed by atoms with van der Waals surface area (Å²) >= 11 is 1.56. The van der Waals surface area contributed by atoms with E-state index in [0.29, 0.717) is 36.5 Å². The number of rotatable bonds is 12. The molecule has 5 nitrogen and oxygen atoms in total. The monoisotopic (exact) mass is 583 g/mol. The zero-order chi connectivity index (χ0) is 28.9. The second-order valence-electron chi connectivity index (χ2n) is 9.33. The molecule has 3 aromatic rings. The molecule has 0 radical (unpaired) electrons. The van der Waals surface area contributed by atoms with Crippen LogP contribution >= 0.6 is 11.3 Å². The van der Waals surface area contributed by atoms with Crippen molar-refractivity contribution in [2.45, 2.75) is 76.6 Å². The van der Waals surface area contributed by atoms with Crippen molar-refractivity contribution in [1.82, 2.24) is 9.71 Å². The van der Waals surface area contributed by atoms with E-state index in [9.17, 15) is 27.2 Å². The third-order valence-electron chi connectivity index (χ3n) is 6.63. The number of hydrogen-bond donors (Lipinski definition) is 2. The van der Waals surface area contributed by atoms with Crippen LogP contribution in [0.15, 0.2) is 46.8 Å². The maximum absolute atomic E-state index is 14.6. The van der Waals surface area contributed by atoms with Crippen LogP contribution in [0.5, 0.6) is 0 Å². The summed E-state index contributed by atoms with van der Waals surface area (Å²) in [5.74, 6) is -1.23. The van der Waals surface area contributed by atoms with Crippen LogP contribution in [0.3, 0.4) is 0 Å². The lowest BCUT2D eigenvalue weighted by molar-refractivity contribution is -0.146. The lowest BCUT2D eigenvalue weighted by Crippen LogP contribution is -2.40. The van der Waals surface area contributed by atoms with Gasteiger partial charge in [-0.05, 0) is 86.4 Å². The SMILES string of the molecule is CCOCc1sccc1C(CC)C(C(=N)c1cc(F)c(C)cc1C)c1ccc(S(=O)NC(C)C(F)(F)F)cn1. The maximum Gasteiger partial charge on any atom is 0.404 e. The van der Waals surface area contributed by atoms with Crippen molar-refractivity contribution in [3.05, 3.63) is 80.6 Å². The number of alkyl halides is 3. The molecule has 0 fully saturated rings. The molecule has 39 heavy (non-hydrogen) atoms. The fraction of sp³-hybridized carbons (Fsp3) is 0.429. The zero-order valence-corrected chi connectivity index (χ0v) is 24.1. The minimum Gasteiger partial charge on any atom is -0.376 e. The summed E-state index contributed by atoms with van der Waals surface area (Å²) < 4.78 is 73.7. The number of thiophene rings is 1. The third kappa shape index (κ3) is 7.39. The van der Waals surface area contributed by atoms with Gasteiger partial charge in [0.2, 0.25) is 0 Å². The van der Waals surface area contributed by atoms with Gasteiger partial charge in [0.25, 0.3) is 0 Å². The van der Waals surface area contributed by atoms with Crippen molar-refractivity contribution in [3.63, 3.8) is 0 Å². The van der Waals surface area contributed by atoms with Gasteiger partial charge in [-0.25, -0.2) is 13.3 Å². The van der Waals surface area contributed by atoms with Gasteiger partial charge in [0.15, 0.2) is 0 Å². The predicted molar refractivity (Wildman–Crippen MR) is 147 cm³/mol. The zero-order valence-electron chi connectivity index (χ0n) is 22.5. The number of aromatic nitrogens is 1. The van der Waals surface area contributed by atoms with E-state index in [-0.39, 0.29) is 16.5 Å². The first-order valence-corrected chi connectivity index (χ1v) is 14.6. The summed E-state index contributed by atoms with van der Waals surface area (Å²) in [5, 5.41) is 11.2. The molecule has 2 heterocycles. The number of nitrogens with zero attached hydrogens (tertiary/aromatic N) is 1. The summed E-state index contributed by atoms with van der Waals surface area (Å²) in [6.07, 6.45) is -2.64. The van der Waals surface area contributed by atoms with Gasteiger partial charge in [0, 0.05) is 29.0 Å². The Bertz CT molecular complexity index is 1310. The Morgan fingerprint density at radius 1 is 1.18 bits per heavy atom. The first kappa shape index (κ1) is 31.1. The van der Waals surface area contributed by atoms with Crippen LogP contribution in [0.4, 0.5) is 17.6 Å². The number of benzene rings is 1. The average molecular weight is 584 g/mol. The summed E-state index contributed by atoms with van der Waals surface area (Å²) in [4.78, 5) is 5.59. The van der Waals surface area contributed by atoms with Gasteiger partial charge in [-0.3, -0.25) is 4.98 Å². The van der Waals surface area contributed by atoms with Gasteiger partial charge >= 0.3 is 6.18 Å². The Morgan fingerprint density at radius 2 is 1.90 bits per heavy atom. The number of aryl methyl sites for hydroxylation is 2. The molecule has 0 saturated carbocycles. The summed E-state index contributed by atoms with van der Waals surface area (Å²) in [6.45, 7) is 9.28. The highest BCUT2D eigenvalue weighted by Crippen LogP contribution is 2.41. The molecule has 0 aliphatic rings. The molecule has 0 spiro atoms. The van der Waals surface area contributed by atoms with Crippen LogP contribution < -0.4 is 4.72 Å². The van der Waals surface area contributed by atoms with E-state index in [4.69, 9.17) is 4.74 Å². The van der Waals surface area contributed by atoms with E-state index >= 15 is 0 Å². The molecular weight excluding hydrogens is 550 g/mol. The largest absolute Gasteiger partial charge is 0.404 e. The van der Waals surface area contributed by atoms with Gasteiger partial charge in [-0.2, -0.15) is 13.2 Å². The Labute approximate surface area is 233 Å². The van der Waals surface area contributed by atoms with Crippen molar-refractivity contribution < 1.29 is 26.5 Å². The van der Waals surface area contributed by atoms with E-state index < -0.39 is 34.9 Å². The molecule has 0 aliphatic carbocycles. The smallest absolute Gasteiger partial charge is 0.376 e. The van der Waals surface area contributed by atoms with Crippen molar-refractivity contribution in [3.8, 4) is 0 Å². The van der Waals surface area contributed by atoms with Gasteiger partial charge in [-0.1, -0.05) is 13.0 Å². The fourth-order valence-corrected chi connectivity index (χ4v) is 6.26. The standard InChI is InChI=1S/C28H33F4N3O2S2/c1-6-20(21-10-11-38-25(21)15-37-7-2)26(27(33)22-13-23(29)17(4)12-16(22)3)24-9-8-19(14-34-24)39(36)35-18(5)28(30,31)32/h8-14,18,20,26,33,35H,6-7,15H2,1-5H3. The first-order valence-electron chi connectivity index (χ1n) is 12.6. The molecule has 3 rings (SSSR count). The van der Waals surface area contributed by atoms with Gasteiger partial charge < -0.3 is 10.1 Å². The van der Waals surface area contributed by atoms with Crippen LogP contribution in [0.1, 0.15) is 71.9 Å². The van der Waals surface area contributed by atoms with Crippen molar-refractivity contribution in [1.29, 1.82) is 5.41 Å². The highest BCUT2D eigenvalue weighted by atomic mass is 32.2. The molecule has 212 valence electrons. The normalized spacial score (nSPS) is 15.1.